The summed E-state index contributed by atoms with van der Waals surface area (Å²) in [4.78, 5) is 21.7. The molecule has 0 saturated carbocycles. The van der Waals surface area contributed by atoms with Crippen LogP contribution in [0.25, 0.3) is 0 Å². The summed E-state index contributed by atoms with van der Waals surface area (Å²) in [6, 6.07) is 5.56. The Morgan fingerprint density at radius 2 is 2.21 bits per heavy atom. The number of hydrogen-bond acceptors (Lipinski definition) is 5. The lowest BCUT2D eigenvalue weighted by molar-refractivity contribution is -0.384. The van der Waals surface area contributed by atoms with Gasteiger partial charge in [0.2, 0.25) is 0 Å². The Kier molecular flexibility index (Phi) is 5.91. The number of carbonyl (C=O) groups excluding carboxylic acids is 1. The highest BCUT2D eigenvalue weighted by molar-refractivity contribution is 5.94. The first-order chi connectivity index (χ1) is 9.00. The van der Waals surface area contributed by atoms with E-state index in [1.54, 1.807) is 6.92 Å². The van der Waals surface area contributed by atoms with Gasteiger partial charge in [0.05, 0.1) is 11.0 Å². The molecule has 0 aromatic heterocycles. The predicted octanol–water partition coefficient (Wildman–Crippen LogP) is 0.295. The summed E-state index contributed by atoms with van der Waals surface area (Å²) in [7, 11) is 0. The molecule has 1 amide bonds. The van der Waals surface area contributed by atoms with Crippen LogP contribution in [0.4, 0.5) is 5.69 Å². The highest BCUT2D eigenvalue weighted by atomic mass is 16.6. The molecule has 7 heteroatoms. The van der Waals surface area contributed by atoms with E-state index in [1.165, 1.54) is 24.3 Å². The summed E-state index contributed by atoms with van der Waals surface area (Å²) < 4.78 is 0. The van der Waals surface area contributed by atoms with E-state index >= 15 is 0 Å². The van der Waals surface area contributed by atoms with Gasteiger partial charge in [0.1, 0.15) is 0 Å². The fourth-order valence-electron chi connectivity index (χ4n) is 1.44. The maximum Gasteiger partial charge on any atom is 0.270 e. The maximum absolute atomic E-state index is 11.7. The molecule has 104 valence electrons. The summed E-state index contributed by atoms with van der Waals surface area (Å²) >= 11 is 0. The van der Waals surface area contributed by atoms with Gasteiger partial charge in [-0.1, -0.05) is 6.07 Å². The first-order valence-corrected chi connectivity index (χ1v) is 5.92. The van der Waals surface area contributed by atoms with Gasteiger partial charge in [0.25, 0.3) is 11.6 Å². The molecule has 0 aliphatic rings. The molecule has 1 rings (SSSR count). The average molecular weight is 267 g/mol. The Hall–Kier alpha value is -1.99. The number of nitrogens with zero attached hydrogens (tertiary/aromatic N) is 1. The van der Waals surface area contributed by atoms with Gasteiger partial charge in [0, 0.05) is 37.3 Å². The van der Waals surface area contributed by atoms with E-state index in [0.29, 0.717) is 19.6 Å². The quantitative estimate of drug-likeness (QED) is 0.374. The van der Waals surface area contributed by atoms with Crippen LogP contribution in [0.5, 0.6) is 0 Å². The molecular formula is C12H17N3O4. The number of amides is 1. The molecule has 19 heavy (non-hydrogen) atoms. The van der Waals surface area contributed by atoms with Gasteiger partial charge in [-0.3, -0.25) is 14.9 Å². The van der Waals surface area contributed by atoms with Crippen LogP contribution < -0.4 is 10.6 Å². The molecule has 0 aliphatic heterocycles. The van der Waals surface area contributed by atoms with Crippen molar-refractivity contribution in [2.75, 3.05) is 19.6 Å². The molecular weight excluding hydrogens is 250 g/mol. The number of aliphatic hydroxyl groups excluding tert-OH is 1. The number of nitrogens with one attached hydrogen (secondary N) is 2. The Morgan fingerprint density at radius 3 is 2.84 bits per heavy atom. The number of hydrogen-bond donors (Lipinski definition) is 3. The number of carbonyl (C=O) groups is 1. The zero-order valence-electron chi connectivity index (χ0n) is 10.6. The Balaban J connectivity index is 2.41. The number of non-ortho nitro benzene ring substituents is 1. The minimum atomic E-state index is -0.541. The van der Waals surface area contributed by atoms with Crippen molar-refractivity contribution in [3.8, 4) is 0 Å². The highest BCUT2D eigenvalue weighted by Gasteiger charge is 2.10. The lowest BCUT2D eigenvalue weighted by Gasteiger charge is -2.08. The molecule has 0 radical (unpaired) electrons. The topological polar surface area (TPSA) is 104 Å². The summed E-state index contributed by atoms with van der Waals surface area (Å²) in [6.07, 6.45) is -0.438. The van der Waals surface area contributed by atoms with Crippen molar-refractivity contribution in [3.63, 3.8) is 0 Å². The van der Waals surface area contributed by atoms with Gasteiger partial charge < -0.3 is 15.7 Å². The van der Waals surface area contributed by atoms with Gasteiger partial charge in [0.15, 0.2) is 0 Å². The molecule has 0 fully saturated rings. The highest BCUT2D eigenvalue weighted by Crippen LogP contribution is 2.12. The monoisotopic (exact) mass is 267 g/mol. The maximum atomic E-state index is 11.7. The molecule has 1 atom stereocenters. The second kappa shape index (κ2) is 7.45. The SMILES string of the molecule is CC(O)CNCCNC(=O)c1cccc([N+](=O)[O-])c1. The van der Waals surface area contributed by atoms with E-state index in [4.69, 9.17) is 5.11 Å². The molecule has 0 aliphatic carbocycles. The second-order valence-corrected chi connectivity index (χ2v) is 4.12. The van der Waals surface area contributed by atoms with Crippen molar-refractivity contribution in [2.45, 2.75) is 13.0 Å². The van der Waals surface area contributed by atoms with Crippen LogP contribution in [-0.2, 0) is 0 Å². The Morgan fingerprint density at radius 1 is 1.47 bits per heavy atom. The van der Waals surface area contributed by atoms with E-state index in [2.05, 4.69) is 10.6 Å². The zero-order valence-corrected chi connectivity index (χ0v) is 10.6. The summed E-state index contributed by atoms with van der Waals surface area (Å²) in [5, 5.41) is 25.2. The molecule has 1 unspecified atom stereocenters. The van der Waals surface area contributed by atoms with E-state index in [9.17, 15) is 14.9 Å². The van der Waals surface area contributed by atoms with Crippen LogP contribution in [0, 0.1) is 10.1 Å². The molecule has 7 nitrogen and oxygen atoms in total. The van der Waals surface area contributed by atoms with Crippen LogP contribution in [0.1, 0.15) is 17.3 Å². The fourth-order valence-corrected chi connectivity index (χ4v) is 1.44. The number of nitro groups is 1. The minimum absolute atomic E-state index is 0.111. The van der Waals surface area contributed by atoms with Crippen LogP contribution in [-0.4, -0.2) is 41.7 Å². The Labute approximate surface area is 110 Å². The number of nitro benzene ring substituents is 1. The van der Waals surface area contributed by atoms with Crippen molar-refractivity contribution >= 4 is 11.6 Å². The third kappa shape index (κ3) is 5.45. The van der Waals surface area contributed by atoms with E-state index in [-0.39, 0.29) is 17.2 Å². The van der Waals surface area contributed by atoms with Crippen molar-refractivity contribution in [1.82, 2.24) is 10.6 Å². The normalized spacial score (nSPS) is 11.9. The summed E-state index contributed by atoms with van der Waals surface area (Å²) in [5.41, 5.74) is 0.143. The van der Waals surface area contributed by atoms with Crippen molar-refractivity contribution in [2.24, 2.45) is 0 Å². The molecule has 0 bridgehead atoms. The van der Waals surface area contributed by atoms with Crippen LogP contribution in [0.2, 0.25) is 0 Å². The molecule has 3 N–H and O–H groups in total. The number of benzene rings is 1. The standard InChI is InChI=1S/C12H17N3O4/c1-9(16)8-13-5-6-14-12(17)10-3-2-4-11(7-10)15(18)19/h2-4,7,9,13,16H,5-6,8H2,1H3,(H,14,17). The fraction of sp³-hybridized carbons (Fsp3) is 0.417. The third-order valence-electron chi connectivity index (χ3n) is 2.35. The number of aliphatic hydroxyl groups is 1. The van der Waals surface area contributed by atoms with Gasteiger partial charge in [-0.05, 0) is 13.0 Å². The van der Waals surface area contributed by atoms with Crippen LogP contribution >= 0.6 is 0 Å². The lowest BCUT2D eigenvalue weighted by Crippen LogP contribution is -2.34. The van der Waals surface area contributed by atoms with Gasteiger partial charge >= 0.3 is 0 Å². The first-order valence-electron chi connectivity index (χ1n) is 5.92. The first kappa shape index (κ1) is 15.1. The van der Waals surface area contributed by atoms with E-state index in [1.807, 2.05) is 0 Å². The average Bonchev–Trinajstić information content (AvgIpc) is 2.37. The summed E-state index contributed by atoms with van der Waals surface area (Å²) in [5.74, 6) is -0.359. The van der Waals surface area contributed by atoms with Gasteiger partial charge in [-0.25, -0.2) is 0 Å². The third-order valence-corrected chi connectivity index (χ3v) is 2.35. The van der Waals surface area contributed by atoms with Crippen LogP contribution in [0.3, 0.4) is 0 Å². The minimum Gasteiger partial charge on any atom is -0.392 e. The number of rotatable bonds is 7. The van der Waals surface area contributed by atoms with Crippen molar-refractivity contribution in [1.29, 1.82) is 0 Å². The molecule has 0 saturated heterocycles. The van der Waals surface area contributed by atoms with Crippen molar-refractivity contribution in [3.05, 3.63) is 39.9 Å². The van der Waals surface area contributed by atoms with Gasteiger partial charge in [-0.2, -0.15) is 0 Å². The molecule has 0 spiro atoms. The molecule has 1 aromatic rings. The van der Waals surface area contributed by atoms with Gasteiger partial charge in [-0.15, -0.1) is 0 Å². The summed E-state index contributed by atoms with van der Waals surface area (Å²) in [6.45, 7) is 3.02. The molecule has 0 heterocycles. The predicted molar refractivity (Wildman–Crippen MR) is 70.0 cm³/mol. The second-order valence-electron chi connectivity index (χ2n) is 4.12. The zero-order chi connectivity index (χ0) is 14.3. The molecule has 1 aromatic carbocycles. The van der Waals surface area contributed by atoms with Crippen LogP contribution in [0.15, 0.2) is 24.3 Å². The smallest absolute Gasteiger partial charge is 0.270 e. The van der Waals surface area contributed by atoms with E-state index < -0.39 is 11.0 Å². The largest absolute Gasteiger partial charge is 0.392 e. The lowest BCUT2D eigenvalue weighted by atomic mass is 10.2. The van der Waals surface area contributed by atoms with Crippen molar-refractivity contribution < 1.29 is 14.8 Å². The Bertz CT molecular complexity index is 448. The van der Waals surface area contributed by atoms with E-state index in [0.717, 1.165) is 0 Å².